The maximum Gasteiger partial charge on any atom is 0.0653 e. The molecule has 0 aromatic carbocycles. The molecule has 4 heteroatoms. The average Bonchev–Trinajstić information content (AvgIpc) is 2.85. The van der Waals surface area contributed by atoms with Crippen molar-refractivity contribution in [3.63, 3.8) is 0 Å². The summed E-state index contributed by atoms with van der Waals surface area (Å²) in [6, 6.07) is 2.09. The first-order chi connectivity index (χ1) is 7.58. The van der Waals surface area contributed by atoms with Gasteiger partial charge < -0.3 is 10.6 Å². The highest BCUT2D eigenvalue weighted by molar-refractivity contribution is 5.15. The number of aryl methyl sites for hydroxylation is 1. The molecule has 0 spiro atoms. The van der Waals surface area contributed by atoms with Gasteiger partial charge in [0.2, 0.25) is 0 Å². The van der Waals surface area contributed by atoms with E-state index in [0.717, 1.165) is 5.69 Å². The molecular formula is C12H22N4. The van der Waals surface area contributed by atoms with E-state index in [-0.39, 0.29) is 11.6 Å². The van der Waals surface area contributed by atoms with Crippen LogP contribution in [0.5, 0.6) is 0 Å². The Balaban J connectivity index is 2.31. The molecule has 0 aliphatic heterocycles. The van der Waals surface area contributed by atoms with E-state index in [1.807, 2.05) is 24.0 Å². The zero-order valence-corrected chi connectivity index (χ0v) is 10.5. The second-order valence-electron chi connectivity index (χ2n) is 5.06. The van der Waals surface area contributed by atoms with E-state index in [9.17, 15) is 0 Å². The number of likely N-dealkylation sites (N-methyl/N-ethyl adjacent to an activating group) is 1. The number of hydrogen-bond acceptors (Lipinski definition) is 3. The van der Waals surface area contributed by atoms with Crippen molar-refractivity contribution in [2.45, 2.75) is 37.3 Å². The average molecular weight is 222 g/mol. The molecule has 1 aliphatic rings. The van der Waals surface area contributed by atoms with E-state index < -0.39 is 0 Å². The Bertz CT molecular complexity index is 350. The van der Waals surface area contributed by atoms with Gasteiger partial charge in [-0.05, 0) is 33.0 Å². The van der Waals surface area contributed by atoms with Gasteiger partial charge in [0.25, 0.3) is 0 Å². The van der Waals surface area contributed by atoms with Gasteiger partial charge in [0, 0.05) is 18.8 Å². The Kier molecular flexibility index (Phi) is 3.04. The Morgan fingerprint density at radius 2 is 2.06 bits per heavy atom. The number of nitrogens with two attached hydrogens (primary N) is 1. The van der Waals surface area contributed by atoms with Gasteiger partial charge in [-0.15, -0.1) is 0 Å². The highest BCUT2D eigenvalue weighted by atomic mass is 15.3. The van der Waals surface area contributed by atoms with Crippen LogP contribution in [0.15, 0.2) is 12.3 Å². The second kappa shape index (κ2) is 4.18. The van der Waals surface area contributed by atoms with Crippen molar-refractivity contribution < 1.29 is 0 Å². The molecule has 1 aromatic rings. The minimum Gasteiger partial charge on any atom is -0.321 e. The zero-order chi connectivity index (χ0) is 11.8. The molecule has 0 radical (unpaired) electrons. The fourth-order valence-corrected chi connectivity index (χ4v) is 2.99. The van der Waals surface area contributed by atoms with Crippen molar-refractivity contribution in [3.8, 4) is 0 Å². The molecule has 16 heavy (non-hydrogen) atoms. The van der Waals surface area contributed by atoms with Gasteiger partial charge in [-0.2, -0.15) is 5.10 Å². The van der Waals surface area contributed by atoms with E-state index in [1.165, 1.54) is 25.7 Å². The minimum atomic E-state index is 0.0532. The molecule has 4 nitrogen and oxygen atoms in total. The fraction of sp³-hybridized carbons (Fsp3) is 0.750. The van der Waals surface area contributed by atoms with E-state index in [1.54, 1.807) is 0 Å². The second-order valence-corrected chi connectivity index (χ2v) is 5.06. The standard InChI is InChI=1S/C12H22N4/c1-15(2)12(7-4-5-8-12)11(13)10-6-9-14-16(10)3/h6,9,11H,4-5,7-8,13H2,1-3H3. The summed E-state index contributed by atoms with van der Waals surface area (Å²) in [5, 5.41) is 4.22. The third-order valence-electron chi connectivity index (χ3n) is 4.12. The number of rotatable bonds is 3. The molecule has 1 aliphatic carbocycles. The molecule has 90 valence electrons. The fourth-order valence-electron chi connectivity index (χ4n) is 2.99. The molecule has 0 amide bonds. The van der Waals surface area contributed by atoms with Crippen LogP contribution in [0.1, 0.15) is 37.4 Å². The maximum atomic E-state index is 6.48. The summed E-state index contributed by atoms with van der Waals surface area (Å²) in [6.07, 6.45) is 6.76. The minimum absolute atomic E-state index is 0.0532. The topological polar surface area (TPSA) is 47.1 Å². The lowest BCUT2D eigenvalue weighted by Gasteiger charge is -2.41. The highest BCUT2D eigenvalue weighted by Crippen LogP contribution is 2.41. The molecule has 1 unspecified atom stereocenters. The maximum absolute atomic E-state index is 6.48. The van der Waals surface area contributed by atoms with Gasteiger partial charge in [-0.1, -0.05) is 12.8 Å². The summed E-state index contributed by atoms with van der Waals surface area (Å²) in [5.41, 5.74) is 7.73. The van der Waals surface area contributed by atoms with Gasteiger partial charge in [0.1, 0.15) is 0 Å². The quantitative estimate of drug-likeness (QED) is 0.838. The number of aromatic nitrogens is 2. The number of hydrogen-bond donors (Lipinski definition) is 1. The summed E-state index contributed by atoms with van der Waals surface area (Å²) in [5.74, 6) is 0. The molecule has 2 rings (SSSR count). The molecule has 1 fully saturated rings. The van der Waals surface area contributed by atoms with Crippen LogP contribution in [0.25, 0.3) is 0 Å². The summed E-state index contributed by atoms with van der Waals surface area (Å²) in [7, 11) is 6.25. The van der Waals surface area contributed by atoms with Gasteiger partial charge in [0.15, 0.2) is 0 Å². The molecule has 1 aromatic heterocycles. The normalized spacial score (nSPS) is 21.6. The van der Waals surface area contributed by atoms with Gasteiger partial charge in [-0.25, -0.2) is 0 Å². The van der Waals surface area contributed by atoms with Crippen LogP contribution in [-0.2, 0) is 7.05 Å². The van der Waals surface area contributed by atoms with Crippen LogP contribution in [-0.4, -0.2) is 34.3 Å². The van der Waals surface area contributed by atoms with Crippen molar-refractivity contribution in [2.24, 2.45) is 12.8 Å². The monoisotopic (exact) mass is 222 g/mol. The Morgan fingerprint density at radius 3 is 2.50 bits per heavy atom. The Labute approximate surface area is 97.4 Å². The molecule has 0 saturated heterocycles. The van der Waals surface area contributed by atoms with Crippen LogP contribution in [0.2, 0.25) is 0 Å². The van der Waals surface area contributed by atoms with Gasteiger partial charge >= 0.3 is 0 Å². The molecule has 1 saturated carbocycles. The lowest BCUT2D eigenvalue weighted by atomic mass is 9.85. The van der Waals surface area contributed by atoms with Crippen molar-refractivity contribution >= 4 is 0 Å². The molecule has 0 bridgehead atoms. The molecule has 1 atom stereocenters. The lowest BCUT2D eigenvalue weighted by molar-refractivity contribution is 0.120. The smallest absolute Gasteiger partial charge is 0.0653 e. The summed E-state index contributed by atoms with van der Waals surface area (Å²) < 4.78 is 1.90. The van der Waals surface area contributed by atoms with Gasteiger partial charge in [-0.3, -0.25) is 4.68 Å². The van der Waals surface area contributed by atoms with Crippen LogP contribution in [0.3, 0.4) is 0 Å². The Morgan fingerprint density at radius 1 is 1.44 bits per heavy atom. The van der Waals surface area contributed by atoms with Crippen LogP contribution < -0.4 is 5.73 Å². The molecule has 1 heterocycles. The third-order valence-corrected chi connectivity index (χ3v) is 4.12. The van der Waals surface area contributed by atoms with Crippen molar-refractivity contribution in [1.29, 1.82) is 0 Å². The van der Waals surface area contributed by atoms with Gasteiger partial charge in [0.05, 0.1) is 11.7 Å². The van der Waals surface area contributed by atoms with Crippen molar-refractivity contribution in [2.75, 3.05) is 14.1 Å². The van der Waals surface area contributed by atoms with E-state index in [4.69, 9.17) is 5.73 Å². The first-order valence-electron chi connectivity index (χ1n) is 5.99. The highest BCUT2D eigenvalue weighted by Gasteiger charge is 2.43. The predicted molar refractivity (Wildman–Crippen MR) is 65.0 cm³/mol. The van der Waals surface area contributed by atoms with E-state index >= 15 is 0 Å². The van der Waals surface area contributed by atoms with Crippen LogP contribution in [0.4, 0.5) is 0 Å². The van der Waals surface area contributed by atoms with E-state index in [2.05, 4.69) is 24.1 Å². The first kappa shape index (κ1) is 11.6. The van der Waals surface area contributed by atoms with Crippen LogP contribution >= 0.6 is 0 Å². The summed E-state index contributed by atoms with van der Waals surface area (Å²) in [6.45, 7) is 0. The SMILES string of the molecule is CN(C)C1(C(N)c2ccnn2C)CCCC1. The predicted octanol–water partition coefficient (Wildman–Crippen LogP) is 1.29. The summed E-state index contributed by atoms with van der Waals surface area (Å²) >= 11 is 0. The zero-order valence-electron chi connectivity index (χ0n) is 10.5. The van der Waals surface area contributed by atoms with Crippen LogP contribution in [0, 0.1) is 0 Å². The molecular weight excluding hydrogens is 200 g/mol. The largest absolute Gasteiger partial charge is 0.321 e. The van der Waals surface area contributed by atoms with Crippen molar-refractivity contribution in [3.05, 3.63) is 18.0 Å². The summed E-state index contributed by atoms with van der Waals surface area (Å²) in [4.78, 5) is 2.30. The lowest BCUT2D eigenvalue weighted by Crippen LogP contribution is -2.50. The van der Waals surface area contributed by atoms with Crippen molar-refractivity contribution in [1.82, 2.24) is 14.7 Å². The Hall–Kier alpha value is -0.870. The third kappa shape index (κ3) is 1.66. The molecule has 2 N–H and O–H groups in total. The first-order valence-corrected chi connectivity index (χ1v) is 5.99. The number of nitrogens with zero attached hydrogens (tertiary/aromatic N) is 3. The van der Waals surface area contributed by atoms with E-state index in [0.29, 0.717) is 0 Å².